The van der Waals surface area contributed by atoms with Crippen LogP contribution in [0.2, 0.25) is 0 Å². The zero-order valence-electron chi connectivity index (χ0n) is 8.47. The topological polar surface area (TPSA) is 55.9 Å². The molecule has 0 saturated heterocycles. The molecule has 3 heterocycles. The van der Waals surface area contributed by atoms with Gasteiger partial charge < -0.3 is 9.73 Å². The molecule has 2 aromatic heterocycles. The minimum atomic E-state index is 0.126. The molecule has 1 N–H and O–H groups in total. The van der Waals surface area contributed by atoms with Gasteiger partial charge in [0.05, 0.1) is 18.5 Å². The summed E-state index contributed by atoms with van der Waals surface area (Å²) in [4.78, 5) is 0. The maximum absolute atomic E-state index is 5.42. The quantitative estimate of drug-likeness (QED) is 0.740. The Balaban J connectivity index is 2.02. The Bertz CT molecular complexity index is 473. The van der Waals surface area contributed by atoms with Crippen LogP contribution < -0.4 is 5.32 Å². The van der Waals surface area contributed by atoms with Crippen molar-refractivity contribution in [2.75, 3.05) is 6.54 Å². The molecule has 78 valence electrons. The maximum atomic E-state index is 5.42. The summed E-state index contributed by atoms with van der Waals surface area (Å²) in [6.45, 7) is 0.918. The molecule has 1 unspecified atom stereocenters. The second kappa shape index (κ2) is 3.20. The smallest absolute Gasteiger partial charge is 0.110 e. The lowest BCUT2D eigenvalue weighted by Crippen LogP contribution is -2.29. The summed E-state index contributed by atoms with van der Waals surface area (Å²) >= 11 is 0. The number of nitrogens with one attached hydrogen (secondary N) is 1. The average Bonchev–Trinajstić information content (AvgIpc) is 2.84. The average molecular weight is 204 g/mol. The fraction of sp³-hybridized carbons (Fsp3) is 0.400. The zero-order chi connectivity index (χ0) is 10.3. The van der Waals surface area contributed by atoms with Gasteiger partial charge in [-0.05, 0) is 6.07 Å². The van der Waals surface area contributed by atoms with Crippen LogP contribution in [0, 0.1) is 0 Å². The number of aryl methyl sites for hydroxylation is 1. The predicted octanol–water partition coefficient (Wildman–Crippen LogP) is 0.643. The molecule has 3 rings (SSSR count). The van der Waals surface area contributed by atoms with E-state index in [1.54, 1.807) is 10.9 Å². The molecule has 0 spiro atoms. The van der Waals surface area contributed by atoms with Gasteiger partial charge >= 0.3 is 0 Å². The van der Waals surface area contributed by atoms with Crippen molar-refractivity contribution >= 4 is 0 Å². The molecule has 2 aromatic rings. The zero-order valence-corrected chi connectivity index (χ0v) is 8.47. The van der Waals surface area contributed by atoms with Crippen LogP contribution in [0.1, 0.15) is 23.1 Å². The van der Waals surface area contributed by atoms with Crippen LogP contribution in [0.5, 0.6) is 0 Å². The Morgan fingerprint density at radius 3 is 3.33 bits per heavy atom. The van der Waals surface area contributed by atoms with Crippen molar-refractivity contribution in [3.05, 3.63) is 35.5 Å². The summed E-state index contributed by atoms with van der Waals surface area (Å²) in [5, 5.41) is 11.5. The van der Waals surface area contributed by atoms with Gasteiger partial charge in [0, 0.05) is 25.6 Å². The molecule has 0 fully saturated rings. The van der Waals surface area contributed by atoms with E-state index >= 15 is 0 Å². The molecule has 5 nitrogen and oxygen atoms in total. The van der Waals surface area contributed by atoms with Gasteiger partial charge in [-0.2, -0.15) is 0 Å². The molecule has 0 amide bonds. The van der Waals surface area contributed by atoms with Crippen molar-refractivity contribution in [2.45, 2.75) is 12.5 Å². The minimum absolute atomic E-state index is 0.126. The summed E-state index contributed by atoms with van der Waals surface area (Å²) < 4.78 is 7.13. The summed E-state index contributed by atoms with van der Waals surface area (Å²) in [5.74, 6) is 1.06. The number of rotatable bonds is 1. The largest absolute Gasteiger partial charge is 0.469 e. The van der Waals surface area contributed by atoms with E-state index in [0.717, 1.165) is 24.4 Å². The fourth-order valence-corrected chi connectivity index (χ4v) is 2.01. The third kappa shape index (κ3) is 1.35. The van der Waals surface area contributed by atoms with E-state index in [2.05, 4.69) is 15.6 Å². The van der Waals surface area contributed by atoms with E-state index in [1.165, 1.54) is 5.56 Å². The van der Waals surface area contributed by atoms with Crippen LogP contribution >= 0.6 is 0 Å². The first-order chi connectivity index (χ1) is 7.34. The molecule has 0 radical (unpaired) electrons. The highest BCUT2D eigenvalue weighted by molar-refractivity contribution is 5.30. The maximum Gasteiger partial charge on any atom is 0.110 e. The lowest BCUT2D eigenvalue weighted by Gasteiger charge is -2.20. The lowest BCUT2D eigenvalue weighted by atomic mass is 10.00. The standard InChI is InChI=1S/C10H12N4O/c1-14-6-8(12-13-14)10-7-3-5-15-9(7)2-4-11-10/h3,5-6,10-11H,2,4H2,1H3. The van der Waals surface area contributed by atoms with E-state index in [4.69, 9.17) is 4.42 Å². The van der Waals surface area contributed by atoms with Crippen LogP contribution in [0.25, 0.3) is 0 Å². The van der Waals surface area contributed by atoms with E-state index in [1.807, 2.05) is 19.3 Å². The first-order valence-corrected chi connectivity index (χ1v) is 5.00. The van der Waals surface area contributed by atoms with Crippen molar-refractivity contribution in [3.63, 3.8) is 0 Å². The number of hydrogen-bond donors (Lipinski definition) is 1. The van der Waals surface area contributed by atoms with Gasteiger partial charge in [0.1, 0.15) is 11.5 Å². The Labute approximate surface area is 87.1 Å². The molecular formula is C10H12N4O. The number of furan rings is 1. The van der Waals surface area contributed by atoms with Crippen molar-refractivity contribution in [1.29, 1.82) is 0 Å². The van der Waals surface area contributed by atoms with Gasteiger partial charge in [0.25, 0.3) is 0 Å². The Kier molecular flexibility index (Phi) is 1.85. The molecule has 1 atom stereocenters. The highest BCUT2D eigenvalue weighted by atomic mass is 16.3. The summed E-state index contributed by atoms with van der Waals surface area (Å²) in [7, 11) is 1.87. The number of fused-ring (bicyclic) bond motifs is 1. The third-order valence-electron chi connectivity index (χ3n) is 2.71. The van der Waals surface area contributed by atoms with Gasteiger partial charge in [-0.15, -0.1) is 5.10 Å². The third-order valence-corrected chi connectivity index (χ3v) is 2.71. The predicted molar refractivity (Wildman–Crippen MR) is 53.3 cm³/mol. The second-order valence-corrected chi connectivity index (χ2v) is 3.75. The van der Waals surface area contributed by atoms with Crippen molar-refractivity contribution < 1.29 is 4.42 Å². The van der Waals surface area contributed by atoms with Crippen molar-refractivity contribution in [2.24, 2.45) is 7.05 Å². The molecule has 0 aliphatic carbocycles. The SMILES string of the molecule is Cn1cc(C2NCCc3occc32)nn1. The molecule has 0 aromatic carbocycles. The minimum Gasteiger partial charge on any atom is -0.469 e. The Hall–Kier alpha value is -1.62. The van der Waals surface area contributed by atoms with Crippen LogP contribution in [-0.4, -0.2) is 21.5 Å². The first kappa shape index (κ1) is 8.67. The van der Waals surface area contributed by atoms with Crippen LogP contribution in [0.4, 0.5) is 0 Å². The van der Waals surface area contributed by atoms with Gasteiger partial charge in [0.15, 0.2) is 0 Å². The van der Waals surface area contributed by atoms with Crippen molar-refractivity contribution in [1.82, 2.24) is 20.3 Å². The van der Waals surface area contributed by atoms with Crippen LogP contribution in [0.15, 0.2) is 22.9 Å². The number of hydrogen-bond acceptors (Lipinski definition) is 4. The molecule has 0 saturated carbocycles. The number of nitrogens with zero attached hydrogens (tertiary/aromatic N) is 3. The molecule has 1 aliphatic heterocycles. The van der Waals surface area contributed by atoms with E-state index in [-0.39, 0.29) is 6.04 Å². The normalized spacial score (nSPS) is 20.2. The molecule has 0 bridgehead atoms. The summed E-state index contributed by atoms with van der Waals surface area (Å²) in [6, 6.07) is 2.13. The number of aromatic nitrogens is 3. The highest BCUT2D eigenvalue weighted by Gasteiger charge is 2.25. The Morgan fingerprint density at radius 2 is 2.53 bits per heavy atom. The highest BCUT2D eigenvalue weighted by Crippen LogP contribution is 2.27. The molecule has 1 aliphatic rings. The molecule has 5 heteroatoms. The van der Waals surface area contributed by atoms with E-state index < -0.39 is 0 Å². The summed E-state index contributed by atoms with van der Waals surface area (Å²) in [6.07, 6.45) is 4.61. The van der Waals surface area contributed by atoms with Gasteiger partial charge in [-0.3, -0.25) is 4.68 Å². The van der Waals surface area contributed by atoms with Crippen LogP contribution in [-0.2, 0) is 13.5 Å². The molecule has 15 heavy (non-hydrogen) atoms. The Morgan fingerprint density at radius 1 is 1.60 bits per heavy atom. The lowest BCUT2D eigenvalue weighted by molar-refractivity contribution is 0.453. The van der Waals surface area contributed by atoms with E-state index in [0.29, 0.717) is 0 Å². The van der Waals surface area contributed by atoms with Gasteiger partial charge in [-0.1, -0.05) is 5.21 Å². The molecular weight excluding hydrogens is 192 g/mol. The van der Waals surface area contributed by atoms with Crippen LogP contribution in [0.3, 0.4) is 0 Å². The summed E-state index contributed by atoms with van der Waals surface area (Å²) in [5.41, 5.74) is 2.13. The van der Waals surface area contributed by atoms with Gasteiger partial charge in [0.2, 0.25) is 0 Å². The first-order valence-electron chi connectivity index (χ1n) is 5.00. The fourth-order valence-electron chi connectivity index (χ4n) is 2.01. The van der Waals surface area contributed by atoms with E-state index in [9.17, 15) is 0 Å². The van der Waals surface area contributed by atoms with Gasteiger partial charge in [-0.25, -0.2) is 0 Å². The second-order valence-electron chi connectivity index (χ2n) is 3.75. The monoisotopic (exact) mass is 204 g/mol. The van der Waals surface area contributed by atoms with Crippen molar-refractivity contribution in [3.8, 4) is 0 Å².